The van der Waals surface area contributed by atoms with Crippen molar-refractivity contribution >= 4 is 16.6 Å². The summed E-state index contributed by atoms with van der Waals surface area (Å²) in [6.07, 6.45) is 4.36. The standard InChI is InChI=1S/C23H24F2N4O/c24-17-5-7-21(26-14-17)29-10-8-28(9-11-29)18-6-4-15(12-18)20-13-16-2-1-3-19(25)22(16)23(30)27-20/h1-3,5,7,13-15,18H,4,6,8-12H2,(H,27,30)/t15-,18+/m1/s1. The number of aromatic nitrogens is 2. The lowest BCUT2D eigenvalue weighted by molar-refractivity contribution is 0.186. The summed E-state index contributed by atoms with van der Waals surface area (Å²) >= 11 is 0. The molecule has 1 saturated heterocycles. The number of fused-ring (bicyclic) bond motifs is 1. The van der Waals surface area contributed by atoms with Crippen LogP contribution in [0.3, 0.4) is 0 Å². The highest BCUT2D eigenvalue weighted by Gasteiger charge is 2.32. The average Bonchev–Trinajstić information content (AvgIpc) is 3.25. The van der Waals surface area contributed by atoms with Crippen LogP contribution in [-0.4, -0.2) is 47.1 Å². The summed E-state index contributed by atoms with van der Waals surface area (Å²) in [5.74, 6) is 0.315. The lowest BCUT2D eigenvalue weighted by atomic mass is 10.00. The van der Waals surface area contributed by atoms with Gasteiger partial charge in [0.25, 0.3) is 5.56 Å². The molecule has 5 rings (SSSR count). The van der Waals surface area contributed by atoms with Crippen LogP contribution in [0.25, 0.3) is 10.8 Å². The first kappa shape index (κ1) is 19.2. The number of anilines is 1. The van der Waals surface area contributed by atoms with Crippen LogP contribution in [0.15, 0.2) is 47.4 Å². The third-order valence-electron chi connectivity index (χ3n) is 6.55. The van der Waals surface area contributed by atoms with Gasteiger partial charge in [-0.2, -0.15) is 0 Å². The summed E-state index contributed by atoms with van der Waals surface area (Å²) in [5.41, 5.74) is 0.569. The minimum Gasteiger partial charge on any atom is -0.354 e. The molecule has 0 spiro atoms. The largest absolute Gasteiger partial charge is 0.354 e. The van der Waals surface area contributed by atoms with Gasteiger partial charge in [0.15, 0.2) is 0 Å². The number of piperazine rings is 1. The highest BCUT2D eigenvalue weighted by atomic mass is 19.1. The van der Waals surface area contributed by atoms with Crippen LogP contribution in [0, 0.1) is 11.6 Å². The minimum absolute atomic E-state index is 0.140. The lowest BCUT2D eigenvalue weighted by Gasteiger charge is -2.38. The van der Waals surface area contributed by atoms with Gasteiger partial charge in [-0.05, 0) is 48.9 Å². The Balaban J connectivity index is 1.25. The number of H-pyrrole nitrogens is 1. The molecule has 1 aromatic carbocycles. The molecule has 1 saturated carbocycles. The van der Waals surface area contributed by atoms with E-state index in [0.717, 1.165) is 57.0 Å². The third kappa shape index (κ3) is 3.58. The fourth-order valence-corrected chi connectivity index (χ4v) is 4.96. The quantitative estimate of drug-likeness (QED) is 0.716. The predicted molar refractivity (Wildman–Crippen MR) is 113 cm³/mol. The first-order valence-corrected chi connectivity index (χ1v) is 10.5. The fraction of sp³-hybridized carbons (Fsp3) is 0.391. The molecule has 2 aromatic heterocycles. The number of aromatic amines is 1. The maximum Gasteiger partial charge on any atom is 0.259 e. The van der Waals surface area contributed by atoms with Crippen LogP contribution in [-0.2, 0) is 0 Å². The van der Waals surface area contributed by atoms with Crippen molar-refractivity contribution in [1.29, 1.82) is 0 Å². The summed E-state index contributed by atoms with van der Waals surface area (Å²) in [6.45, 7) is 3.61. The molecule has 2 fully saturated rings. The van der Waals surface area contributed by atoms with E-state index < -0.39 is 5.82 Å². The van der Waals surface area contributed by atoms with Gasteiger partial charge in [-0.3, -0.25) is 9.69 Å². The topological polar surface area (TPSA) is 52.2 Å². The van der Waals surface area contributed by atoms with Crippen LogP contribution in [0.4, 0.5) is 14.6 Å². The molecule has 1 N–H and O–H groups in total. The second-order valence-corrected chi connectivity index (χ2v) is 8.28. The summed E-state index contributed by atoms with van der Waals surface area (Å²) in [4.78, 5) is 24.2. The number of pyridine rings is 2. The molecule has 156 valence electrons. The molecular formula is C23H24F2N4O. The van der Waals surface area contributed by atoms with E-state index in [1.165, 1.54) is 18.3 Å². The van der Waals surface area contributed by atoms with Crippen molar-refractivity contribution in [3.8, 4) is 0 Å². The number of hydrogen-bond acceptors (Lipinski definition) is 4. The molecule has 30 heavy (non-hydrogen) atoms. The third-order valence-corrected chi connectivity index (χ3v) is 6.55. The van der Waals surface area contributed by atoms with Gasteiger partial charge in [0.05, 0.1) is 11.6 Å². The number of halogens is 2. The van der Waals surface area contributed by atoms with Crippen LogP contribution in [0.2, 0.25) is 0 Å². The molecule has 0 unspecified atom stereocenters. The summed E-state index contributed by atoms with van der Waals surface area (Å²) in [7, 11) is 0. The highest BCUT2D eigenvalue weighted by Crippen LogP contribution is 2.37. The zero-order valence-corrected chi connectivity index (χ0v) is 16.7. The van der Waals surface area contributed by atoms with Gasteiger partial charge in [0.2, 0.25) is 0 Å². The molecule has 3 heterocycles. The van der Waals surface area contributed by atoms with Crippen LogP contribution in [0.1, 0.15) is 30.9 Å². The molecule has 2 atom stereocenters. The summed E-state index contributed by atoms with van der Waals surface area (Å²) in [5, 5.41) is 0.805. The minimum atomic E-state index is -0.474. The number of nitrogens with one attached hydrogen (secondary N) is 1. The monoisotopic (exact) mass is 410 g/mol. The molecule has 2 aliphatic rings. The number of hydrogen-bond donors (Lipinski definition) is 1. The Kier molecular flexibility index (Phi) is 4.98. The Labute approximate surface area is 173 Å². The molecule has 5 nitrogen and oxygen atoms in total. The van der Waals surface area contributed by atoms with Gasteiger partial charge in [-0.1, -0.05) is 12.1 Å². The van der Waals surface area contributed by atoms with Crippen molar-refractivity contribution < 1.29 is 8.78 Å². The maximum absolute atomic E-state index is 14.0. The number of rotatable bonds is 3. The molecule has 0 bridgehead atoms. The summed E-state index contributed by atoms with van der Waals surface area (Å²) < 4.78 is 27.1. The first-order chi connectivity index (χ1) is 14.6. The molecule has 7 heteroatoms. The molecular weight excluding hydrogens is 386 g/mol. The Morgan fingerprint density at radius 2 is 1.87 bits per heavy atom. The van der Waals surface area contributed by atoms with Crippen molar-refractivity contribution in [1.82, 2.24) is 14.9 Å². The van der Waals surface area contributed by atoms with Crippen molar-refractivity contribution in [3.63, 3.8) is 0 Å². The van der Waals surface area contributed by atoms with Gasteiger partial charge in [-0.25, -0.2) is 13.8 Å². The fourth-order valence-electron chi connectivity index (χ4n) is 4.96. The van der Waals surface area contributed by atoms with Crippen molar-refractivity contribution in [2.24, 2.45) is 0 Å². The maximum atomic E-state index is 14.0. The van der Waals surface area contributed by atoms with Crippen LogP contribution in [0.5, 0.6) is 0 Å². The average molecular weight is 410 g/mol. The van der Waals surface area contributed by atoms with E-state index in [4.69, 9.17) is 0 Å². The van der Waals surface area contributed by atoms with E-state index in [1.807, 2.05) is 6.07 Å². The Morgan fingerprint density at radius 1 is 1.03 bits per heavy atom. The smallest absolute Gasteiger partial charge is 0.259 e. The zero-order chi connectivity index (χ0) is 20.7. The first-order valence-electron chi connectivity index (χ1n) is 10.5. The Morgan fingerprint density at radius 3 is 2.63 bits per heavy atom. The van der Waals surface area contributed by atoms with Gasteiger partial charge in [0, 0.05) is 43.8 Å². The SMILES string of the molecule is O=c1[nH]c([C@@H]2CC[C@H](N3CCN(c4ccc(F)cn4)CC3)C2)cc2cccc(F)c12. The number of nitrogens with zero attached hydrogens (tertiary/aromatic N) is 3. The van der Waals surface area contributed by atoms with Crippen molar-refractivity contribution in [2.45, 2.75) is 31.2 Å². The molecule has 0 amide bonds. The molecule has 1 aliphatic carbocycles. The van der Waals surface area contributed by atoms with E-state index in [2.05, 4.69) is 19.8 Å². The van der Waals surface area contributed by atoms with Crippen molar-refractivity contribution in [3.05, 3.63) is 70.3 Å². The van der Waals surface area contributed by atoms with E-state index >= 15 is 0 Å². The highest BCUT2D eigenvalue weighted by molar-refractivity contribution is 5.82. The van der Waals surface area contributed by atoms with Gasteiger partial charge < -0.3 is 9.88 Å². The number of benzene rings is 1. The summed E-state index contributed by atoms with van der Waals surface area (Å²) in [6, 6.07) is 10.4. The second-order valence-electron chi connectivity index (χ2n) is 8.28. The second kappa shape index (κ2) is 7.80. The van der Waals surface area contributed by atoms with Gasteiger partial charge in [-0.15, -0.1) is 0 Å². The van der Waals surface area contributed by atoms with Crippen molar-refractivity contribution in [2.75, 3.05) is 31.1 Å². The predicted octanol–water partition coefficient (Wildman–Crippen LogP) is 3.66. The van der Waals surface area contributed by atoms with E-state index in [0.29, 0.717) is 11.4 Å². The Hall–Kier alpha value is -2.80. The lowest BCUT2D eigenvalue weighted by Crippen LogP contribution is -2.50. The van der Waals surface area contributed by atoms with Gasteiger partial charge >= 0.3 is 0 Å². The zero-order valence-electron chi connectivity index (χ0n) is 16.7. The molecule has 1 aliphatic heterocycles. The van der Waals surface area contributed by atoms with Crippen LogP contribution < -0.4 is 10.5 Å². The molecule has 0 radical (unpaired) electrons. The van der Waals surface area contributed by atoms with E-state index in [9.17, 15) is 13.6 Å². The van der Waals surface area contributed by atoms with Crippen LogP contribution >= 0.6 is 0 Å². The Bertz CT molecular complexity index is 1110. The van der Waals surface area contributed by atoms with Gasteiger partial charge in [0.1, 0.15) is 17.5 Å². The normalized spacial score (nSPS) is 22.7. The van der Waals surface area contributed by atoms with E-state index in [-0.39, 0.29) is 22.7 Å². The van der Waals surface area contributed by atoms with E-state index in [1.54, 1.807) is 18.2 Å². The molecule has 3 aromatic rings.